The van der Waals surface area contributed by atoms with Crippen LogP contribution in [0.5, 0.6) is 0 Å². The largest absolute Gasteiger partial charge is 0.398 e. The van der Waals surface area contributed by atoms with Crippen molar-refractivity contribution in [1.29, 1.82) is 0 Å². The van der Waals surface area contributed by atoms with Gasteiger partial charge in [0.25, 0.3) is 0 Å². The molecule has 4 nitrogen and oxygen atoms in total. The Hall–Kier alpha value is -1.62. The number of carbonyl (C=O) groups is 1. The third-order valence-electron chi connectivity index (χ3n) is 3.62. The van der Waals surface area contributed by atoms with Crippen molar-refractivity contribution in [2.75, 3.05) is 5.73 Å². The molecule has 0 aliphatic rings. The van der Waals surface area contributed by atoms with Gasteiger partial charge in [0, 0.05) is 17.8 Å². The second-order valence-electron chi connectivity index (χ2n) is 5.05. The molecule has 0 spiro atoms. The van der Waals surface area contributed by atoms with Crippen molar-refractivity contribution in [2.45, 2.75) is 40.2 Å². The van der Waals surface area contributed by atoms with Crippen LogP contribution in [0.4, 0.5) is 5.69 Å². The van der Waals surface area contributed by atoms with Crippen LogP contribution < -0.4 is 5.73 Å². The summed E-state index contributed by atoms with van der Waals surface area (Å²) in [5.74, 6) is 0.0552. The Morgan fingerprint density at radius 3 is 2.67 bits per heavy atom. The summed E-state index contributed by atoms with van der Waals surface area (Å²) in [6, 6.07) is 5.46. The summed E-state index contributed by atoms with van der Waals surface area (Å²) in [5.41, 5.74) is 10.1. The van der Waals surface area contributed by atoms with E-state index in [4.69, 9.17) is 5.73 Å². The number of anilines is 1. The van der Waals surface area contributed by atoms with Gasteiger partial charge in [0.15, 0.2) is 5.78 Å². The predicted octanol–water partition coefficient (Wildman–Crippen LogP) is 3.54. The lowest BCUT2D eigenvalue weighted by molar-refractivity contribution is 0.0990. The van der Waals surface area contributed by atoms with Crippen molar-refractivity contribution in [2.24, 2.45) is 0 Å². The monoisotopic (exact) mass is 349 g/mol. The zero-order valence-electron chi connectivity index (χ0n) is 12.6. The normalized spacial score (nSPS) is 10.9. The first-order valence-corrected chi connectivity index (χ1v) is 7.90. The van der Waals surface area contributed by atoms with Gasteiger partial charge in [-0.3, -0.25) is 9.48 Å². The summed E-state index contributed by atoms with van der Waals surface area (Å²) < 4.78 is 2.83. The molecule has 0 aliphatic carbocycles. The fourth-order valence-electron chi connectivity index (χ4n) is 2.25. The Morgan fingerprint density at radius 1 is 1.38 bits per heavy atom. The maximum atomic E-state index is 12.5. The van der Waals surface area contributed by atoms with E-state index in [1.807, 2.05) is 30.7 Å². The van der Waals surface area contributed by atoms with Crippen LogP contribution in [0.2, 0.25) is 0 Å². The number of aromatic nitrogens is 2. The number of halogens is 1. The maximum absolute atomic E-state index is 12.5. The fraction of sp³-hybridized carbons (Fsp3) is 0.375. The van der Waals surface area contributed by atoms with Crippen LogP contribution in [-0.4, -0.2) is 15.6 Å². The van der Waals surface area contributed by atoms with Crippen molar-refractivity contribution in [1.82, 2.24) is 9.78 Å². The molecule has 0 aliphatic heterocycles. The molecule has 2 N–H and O–H groups in total. The van der Waals surface area contributed by atoms with Crippen molar-refractivity contribution in [3.05, 3.63) is 45.2 Å². The SMILES string of the molecule is CCc1nn(CC)c(CC(=O)c2ccc(C)c(N)c2)c1Br. The number of Topliss-reactive ketones (excluding diaryl/α,β-unsaturated/α-hetero) is 1. The summed E-state index contributed by atoms with van der Waals surface area (Å²) in [7, 11) is 0. The third-order valence-corrected chi connectivity index (χ3v) is 4.54. The molecule has 0 saturated heterocycles. The average molecular weight is 350 g/mol. The molecule has 0 bridgehead atoms. The Morgan fingerprint density at radius 2 is 2.10 bits per heavy atom. The lowest BCUT2D eigenvalue weighted by Gasteiger charge is -2.07. The highest BCUT2D eigenvalue weighted by molar-refractivity contribution is 9.10. The minimum Gasteiger partial charge on any atom is -0.398 e. The van der Waals surface area contributed by atoms with Crippen LogP contribution in [0.3, 0.4) is 0 Å². The van der Waals surface area contributed by atoms with Crippen LogP contribution >= 0.6 is 15.9 Å². The quantitative estimate of drug-likeness (QED) is 0.663. The molecule has 0 radical (unpaired) electrons. The molecule has 1 heterocycles. The molecule has 0 saturated carbocycles. The zero-order valence-corrected chi connectivity index (χ0v) is 14.2. The second-order valence-corrected chi connectivity index (χ2v) is 5.84. The Bertz CT molecular complexity index is 676. The van der Waals surface area contributed by atoms with Crippen LogP contribution in [-0.2, 0) is 19.4 Å². The predicted molar refractivity (Wildman–Crippen MR) is 88.6 cm³/mol. The molecular weight excluding hydrogens is 330 g/mol. The van der Waals surface area contributed by atoms with Gasteiger partial charge in [-0.15, -0.1) is 0 Å². The van der Waals surface area contributed by atoms with Gasteiger partial charge in [-0.05, 0) is 47.8 Å². The minimum atomic E-state index is 0.0552. The maximum Gasteiger partial charge on any atom is 0.168 e. The molecule has 112 valence electrons. The van der Waals surface area contributed by atoms with Crippen molar-refractivity contribution in [3.8, 4) is 0 Å². The van der Waals surface area contributed by atoms with Gasteiger partial charge in [0.1, 0.15) is 0 Å². The van der Waals surface area contributed by atoms with E-state index in [-0.39, 0.29) is 5.78 Å². The second kappa shape index (κ2) is 6.43. The molecule has 1 aromatic heterocycles. The zero-order chi connectivity index (χ0) is 15.6. The Balaban J connectivity index is 2.31. The van der Waals surface area contributed by atoms with Crippen molar-refractivity contribution < 1.29 is 4.79 Å². The van der Waals surface area contributed by atoms with Gasteiger partial charge in [0.05, 0.1) is 22.3 Å². The first kappa shape index (κ1) is 15.8. The van der Waals surface area contributed by atoms with E-state index in [0.29, 0.717) is 17.7 Å². The minimum absolute atomic E-state index is 0.0552. The molecule has 1 aromatic carbocycles. The molecule has 0 fully saturated rings. The van der Waals surface area contributed by atoms with E-state index in [0.717, 1.165) is 34.4 Å². The molecular formula is C16H20BrN3O. The molecule has 0 unspecified atom stereocenters. The number of benzene rings is 1. The summed E-state index contributed by atoms with van der Waals surface area (Å²) in [6.07, 6.45) is 1.16. The third kappa shape index (κ3) is 3.18. The van der Waals surface area contributed by atoms with Gasteiger partial charge in [-0.1, -0.05) is 19.1 Å². The van der Waals surface area contributed by atoms with E-state index >= 15 is 0 Å². The van der Waals surface area contributed by atoms with Crippen molar-refractivity contribution in [3.63, 3.8) is 0 Å². The number of hydrogen-bond acceptors (Lipinski definition) is 3. The highest BCUT2D eigenvalue weighted by atomic mass is 79.9. The molecule has 2 aromatic rings. The van der Waals surface area contributed by atoms with Gasteiger partial charge < -0.3 is 5.73 Å². The highest BCUT2D eigenvalue weighted by Gasteiger charge is 2.18. The van der Waals surface area contributed by atoms with E-state index < -0.39 is 0 Å². The lowest BCUT2D eigenvalue weighted by atomic mass is 10.0. The van der Waals surface area contributed by atoms with E-state index in [2.05, 4.69) is 28.0 Å². The van der Waals surface area contributed by atoms with Gasteiger partial charge in [0.2, 0.25) is 0 Å². The molecule has 2 rings (SSSR count). The highest BCUT2D eigenvalue weighted by Crippen LogP contribution is 2.24. The lowest BCUT2D eigenvalue weighted by Crippen LogP contribution is -2.10. The average Bonchev–Trinajstić information content (AvgIpc) is 2.78. The van der Waals surface area contributed by atoms with Gasteiger partial charge in [-0.25, -0.2) is 0 Å². The first-order valence-electron chi connectivity index (χ1n) is 7.11. The van der Waals surface area contributed by atoms with Crippen LogP contribution in [0.1, 0.15) is 41.2 Å². The first-order chi connectivity index (χ1) is 9.97. The standard InChI is InChI=1S/C16H20BrN3O/c1-4-13-16(17)14(20(5-2)19-13)9-15(21)11-7-6-10(3)12(18)8-11/h6-8H,4-5,9,18H2,1-3H3. The Kier molecular flexibility index (Phi) is 4.83. The van der Waals surface area contributed by atoms with Gasteiger partial charge in [-0.2, -0.15) is 5.10 Å². The number of nitrogens with two attached hydrogens (primary N) is 1. The summed E-state index contributed by atoms with van der Waals surface area (Å²) in [4.78, 5) is 12.5. The molecule has 0 amide bonds. The van der Waals surface area contributed by atoms with Crippen molar-refractivity contribution >= 4 is 27.4 Å². The van der Waals surface area contributed by atoms with Crippen LogP contribution in [0, 0.1) is 6.92 Å². The van der Waals surface area contributed by atoms with Crippen LogP contribution in [0.15, 0.2) is 22.7 Å². The van der Waals surface area contributed by atoms with Gasteiger partial charge >= 0.3 is 0 Å². The Labute approximate surface area is 133 Å². The number of rotatable bonds is 5. The smallest absolute Gasteiger partial charge is 0.168 e. The summed E-state index contributed by atoms with van der Waals surface area (Å²) in [5, 5.41) is 4.52. The number of aryl methyl sites for hydroxylation is 3. The number of ketones is 1. The molecule has 21 heavy (non-hydrogen) atoms. The number of hydrogen-bond donors (Lipinski definition) is 1. The number of carbonyl (C=O) groups excluding carboxylic acids is 1. The van der Waals surface area contributed by atoms with E-state index in [1.165, 1.54) is 0 Å². The number of nitrogen functional groups attached to an aromatic ring is 1. The number of nitrogens with zero attached hydrogens (tertiary/aromatic N) is 2. The molecule has 0 atom stereocenters. The molecule has 5 heteroatoms. The van der Waals surface area contributed by atoms with E-state index in [9.17, 15) is 4.79 Å². The summed E-state index contributed by atoms with van der Waals surface area (Å²) in [6.45, 7) is 6.76. The van der Waals surface area contributed by atoms with Crippen LogP contribution in [0.25, 0.3) is 0 Å². The summed E-state index contributed by atoms with van der Waals surface area (Å²) >= 11 is 3.57. The topological polar surface area (TPSA) is 60.9 Å². The fourth-order valence-corrected chi connectivity index (χ4v) is 2.96. The van der Waals surface area contributed by atoms with E-state index in [1.54, 1.807) is 6.07 Å².